The van der Waals surface area contributed by atoms with E-state index in [-0.39, 0.29) is 15.8 Å². The van der Waals surface area contributed by atoms with Gasteiger partial charge in [0.1, 0.15) is 10.8 Å². The van der Waals surface area contributed by atoms with Gasteiger partial charge in [0.25, 0.3) is 0 Å². The summed E-state index contributed by atoms with van der Waals surface area (Å²) in [5, 5.41) is 3.35. The first-order valence-corrected chi connectivity index (χ1v) is 7.09. The molecule has 0 saturated carbocycles. The van der Waals surface area contributed by atoms with Gasteiger partial charge in [-0.05, 0) is 36.4 Å². The molecule has 0 fully saturated rings. The van der Waals surface area contributed by atoms with Crippen molar-refractivity contribution in [3.63, 3.8) is 0 Å². The number of rotatable bonds is 5. The Labute approximate surface area is 131 Å². The van der Waals surface area contributed by atoms with Crippen molar-refractivity contribution >= 4 is 23.2 Å². The molecule has 0 saturated heterocycles. The first-order valence-electron chi connectivity index (χ1n) is 6.33. The molecule has 0 aliphatic rings. The highest BCUT2D eigenvalue weighted by Crippen LogP contribution is 2.36. The second kappa shape index (κ2) is 7.07. The normalized spacial score (nSPS) is 10.7. The molecule has 0 atom stereocenters. The molecule has 6 heteroatoms. The van der Waals surface area contributed by atoms with Crippen LogP contribution < -0.4 is 10.1 Å². The summed E-state index contributed by atoms with van der Waals surface area (Å²) in [5.74, 6) is -1.99. The Balaban J connectivity index is 2.30. The van der Waals surface area contributed by atoms with Crippen molar-refractivity contribution in [3.05, 3.63) is 57.6 Å². The van der Waals surface area contributed by atoms with Crippen molar-refractivity contribution in [3.8, 4) is 11.5 Å². The van der Waals surface area contributed by atoms with E-state index in [1.165, 1.54) is 18.2 Å². The average Bonchev–Trinajstić information content (AvgIpc) is 2.45. The average molecular weight is 332 g/mol. The third-order valence-electron chi connectivity index (χ3n) is 2.77. The Bertz CT molecular complexity index is 627. The van der Waals surface area contributed by atoms with E-state index in [0.717, 1.165) is 0 Å². The van der Waals surface area contributed by atoms with Crippen molar-refractivity contribution in [2.45, 2.75) is 13.5 Å². The van der Waals surface area contributed by atoms with Crippen LogP contribution in [0.15, 0.2) is 30.3 Å². The SMILES string of the molecule is CCNCc1cc(F)c(Oc2cccc(Cl)c2Cl)c(F)c1. The van der Waals surface area contributed by atoms with Gasteiger partial charge in [-0.2, -0.15) is 0 Å². The highest BCUT2D eigenvalue weighted by Gasteiger charge is 2.16. The molecule has 1 N–H and O–H groups in total. The highest BCUT2D eigenvalue weighted by molar-refractivity contribution is 6.42. The summed E-state index contributed by atoms with van der Waals surface area (Å²) in [6.45, 7) is 2.99. The van der Waals surface area contributed by atoms with Crippen molar-refractivity contribution in [1.82, 2.24) is 5.32 Å². The summed E-state index contributed by atoms with van der Waals surface area (Å²) in [6.07, 6.45) is 0. The Morgan fingerprint density at radius 1 is 1.14 bits per heavy atom. The van der Waals surface area contributed by atoms with Gasteiger partial charge >= 0.3 is 0 Å². The summed E-state index contributed by atoms with van der Waals surface area (Å²) >= 11 is 11.8. The topological polar surface area (TPSA) is 21.3 Å². The molecular weight excluding hydrogens is 319 g/mol. The minimum Gasteiger partial charge on any atom is -0.450 e. The van der Waals surface area contributed by atoms with Crippen LogP contribution in [-0.4, -0.2) is 6.54 Å². The summed E-state index contributed by atoms with van der Waals surface area (Å²) in [4.78, 5) is 0. The molecule has 112 valence electrons. The van der Waals surface area contributed by atoms with Crippen molar-refractivity contribution in [2.24, 2.45) is 0 Å². The zero-order valence-corrected chi connectivity index (χ0v) is 12.7. The van der Waals surface area contributed by atoms with Crippen LogP contribution in [0.2, 0.25) is 10.0 Å². The molecule has 0 aromatic heterocycles. The van der Waals surface area contributed by atoms with Gasteiger partial charge in [-0.1, -0.05) is 36.2 Å². The zero-order valence-electron chi connectivity index (χ0n) is 11.2. The smallest absolute Gasteiger partial charge is 0.198 e. The van der Waals surface area contributed by atoms with Crippen LogP contribution in [0, 0.1) is 11.6 Å². The molecule has 2 aromatic carbocycles. The second-order valence-corrected chi connectivity index (χ2v) is 5.11. The summed E-state index contributed by atoms with van der Waals surface area (Å²) in [7, 11) is 0. The van der Waals surface area contributed by atoms with E-state index in [2.05, 4.69) is 5.32 Å². The summed E-state index contributed by atoms with van der Waals surface area (Å²) < 4.78 is 33.2. The number of hydrogen-bond acceptors (Lipinski definition) is 2. The van der Waals surface area contributed by atoms with E-state index in [1.807, 2.05) is 6.92 Å². The van der Waals surface area contributed by atoms with Crippen molar-refractivity contribution in [2.75, 3.05) is 6.54 Å². The molecule has 0 aliphatic carbocycles. The van der Waals surface area contributed by atoms with Crippen LogP contribution in [0.25, 0.3) is 0 Å². The lowest BCUT2D eigenvalue weighted by molar-refractivity contribution is 0.406. The number of hydrogen-bond donors (Lipinski definition) is 1. The third-order valence-corrected chi connectivity index (χ3v) is 3.57. The zero-order chi connectivity index (χ0) is 15.4. The molecule has 2 rings (SSSR count). The number of ether oxygens (including phenoxy) is 1. The number of nitrogens with one attached hydrogen (secondary N) is 1. The lowest BCUT2D eigenvalue weighted by atomic mass is 10.2. The monoisotopic (exact) mass is 331 g/mol. The maximum Gasteiger partial charge on any atom is 0.198 e. The molecule has 2 aromatic rings. The fraction of sp³-hybridized carbons (Fsp3) is 0.200. The van der Waals surface area contributed by atoms with E-state index < -0.39 is 17.4 Å². The molecule has 21 heavy (non-hydrogen) atoms. The Morgan fingerprint density at radius 3 is 2.43 bits per heavy atom. The Kier molecular flexibility index (Phi) is 5.39. The number of benzene rings is 2. The molecule has 0 spiro atoms. The maximum absolute atomic E-state index is 14.0. The van der Waals surface area contributed by atoms with Gasteiger partial charge in [0, 0.05) is 6.54 Å². The van der Waals surface area contributed by atoms with Gasteiger partial charge in [0.05, 0.1) is 5.02 Å². The first kappa shape index (κ1) is 16.0. The highest BCUT2D eigenvalue weighted by atomic mass is 35.5. The second-order valence-electron chi connectivity index (χ2n) is 4.32. The van der Waals surface area contributed by atoms with E-state index in [1.54, 1.807) is 12.1 Å². The molecule has 0 heterocycles. The molecule has 0 amide bonds. The van der Waals surface area contributed by atoms with Crippen molar-refractivity contribution in [1.29, 1.82) is 0 Å². The lowest BCUT2D eigenvalue weighted by Gasteiger charge is -2.11. The molecule has 0 bridgehead atoms. The van der Waals surface area contributed by atoms with Gasteiger partial charge in [-0.15, -0.1) is 0 Å². The molecule has 0 aliphatic heterocycles. The predicted molar refractivity (Wildman–Crippen MR) is 80.3 cm³/mol. The molecule has 0 unspecified atom stereocenters. The van der Waals surface area contributed by atoms with Crippen molar-refractivity contribution < 1.29 is 13.5 Å². The van der Waals surface area contributed by atoms with E-state index in [4.69, 9.17) is 27.9 Å². The van der Waals surface area contributed by atoms with Crippen LogP contribution in [0.1, 0.15) is 12.5 Å². The lowest BCUT2D eigenvalue weighted by Crippen LogP contribution is -2.12. The molecule has 2 nitrogen and oxygen atoms in total. The Hall–Kier alpha value is -1.36. The third kappa shape index (κ3) is 3.84. The minimum atomic E-state index is -0.793. The summed E-state index contributed by atoms with van der Waals surface area (Å²) in [6, 6.07) is 7.07. The van der Waals surface area contributed by atoms with Crippen LogP contribution in [-0.2, 0) is 6.54 Å². The molecular formula is C15H13Cl2F2NO. The van der Waals surface area contributed by atoms with Gasteiger partial charge in [-0.25, -0.2) is 8.78 Å². The Morgan fingerprint density at radius 2 is 1.81 bits per heavy atom. The quantitative estimate of drug-likeness (QED) is 0.815. The standard InChI is InChI=1S/C15H13Cl2F2NO/c1-2-20-8-9-6-11(18)15(12(19)7-9)21-13-5-3-4-10(16)14(13)17/h3-7,20H,2,8H2,1H3. The fourth-order valence-corrected chi connectivity index (χ4v) is 2.08. The summed E-state index contributed by atoms with van der Waals surface area (Å²) in [5.41, 5.74) is 0.497. The number of halogens is 4. The van der Waals surface area contributed by atoms with Crippen LogP contribution in [0.3, 0.4) is 0 Å². The van der Waals surface area contributed by atoms with Crippen LogP contribution in [0.5, 0.6) is 11.5 Å². The van der Waals surface area contributed by atoms with Gasteiger partial charge in [0.2, 0.25) is 0 Å². The van der Waals surface area contributed by atoms with E-state index in [9.17, 15) is 8.78 Å². The largest absolute Gasteiger partial charge is 0.450 e. The van der Waals surface area contributed by atoms with Crippen LogP contribution >= 0.6 is 23.2 Å². The van der Waals surface area contributed by atoms with Gasteiger partial charge < -0.3 is 10.1 Å². The van der Waals surface area contributed by atoms with Gasteiger partial charge in [-0.3, -0.25) is 0 Å². The fourth-order valence-electron chi connectivity index (χ4n) is 1.75. The predicted octanol–water partition coefficient (Wildman–Crippen LogP) is 5.17. The van der Waals surface area contributed by atoms with Crippen LogP contribution in [0.4, 0.5) is 8.78 Å². The molecule has 0 radical (unpaired) electrons. The maximum atomic E-state index is 14.0. The first-order chi connectivity index (χ1) is 10.0. The minimum absolute atomic E-state index is 0.0985. The van der Waals surface area contributed by atoms with E-state index >= 15 is 0 Å². The van der Waals surface area contributed by atoms with Gasteiger partial charge in [0.15, 0.2) is 17.4 Å². The van der Waals surface area contributed by atoms with E-state index in [0.29, 0.717) is 18.7 Å².